The number of ether oxygens (including phenoxy) is 2. The van der Waals surface area contributed by atoms with Crippen molar-refractivity contribution >= 4 is 25.7 Å². The van der Waals surface area contributed by atoms with Gasteiger partial charge >= 0.3 is 25.7 Å². The zero-order valence-electron chi connectivity index (χ0n) is 37.3. The van der Waals surface area contributed by atoms with Crippen molar-refractivity contribution in [2.45, 2.75) is 205 Å². The lowest BCUT2D eigenvalue weighted by Crippen LogP contribution is -2.34. The summed E-state index contributed by atoms with van der Waals surface area (Å²) in [6.07, 6.45) is 31.9. The van der Waals surface area contributed by atoms with E-state index in [-0.39, 0.29) is 31.1 Å². The Morgan fingerprint density at radius 1 is 0.721 bits per heavy atom. The second kappa shape index (κ2) is 36.0. The molecule has 1 unspecified atom stereocenters. The summed E-state index contributed by atoms with van der Waals surface area (Å²) in [7, 11) is -4.80. The minimum atomic E-state index is -4.80. The molecule has 0 aliphatic heterocycles. The van der Waals surface area contributed by atoms with Crippen molar-refractivity contribution in [2.24, 2.45) is 17.6 Å². The number of carbonyl (C=O) groups is 3. The number of aliphatic hydroxyl groups excluding tert-OH is 3. The Labute approximate surface area is 366 Å². The highest BCUT2D eigenvalue weighted by Gasteiger charge is 2.39. The normalized spacial score (nSPS) is 20.6. The molecule has 0 heterocycles. The van der Waals surface area contributed by atoms with Gasteiger partial charge in [0, 0.05) is 18.8 Å². The summed E-state index contributed by atoms with van der Waals surface area (Å²) in [5.41, 5.74) is 5.33. The van der Waals surface area contributed by atoms with Gasteiger partial charge in [-0.05, 0) is 50.9 Å². The van der Waals surface area contributed by atoms with E-state index in [1.165, 1.54) is 70.6 Å². The van der Waals surface area contributed by atoms with Crippen LogP contribution in [0.25, 0.3) is 0 Å². The van der Waals surface area contributed by atoms with Crippen molar-refractivity contribution in [1.29, 1.82) is 0 Å². The number of esters is 2. The monoisotopic (exact) mass is 888 g/mol. The van der Waals surface area contributed by atoms with Crippen molar-refractivity contribution < 1.29 is 62.8 Å². The third-order valence-corrected chi connectivity index (χ3v) is 11.9. The molecule has 0 aromatic carbocycles. The fourth-order valence-corrected chi connectivity index (χ4v) is 7.99. The highest BCUT2D eigenvalue weighted by atomic mass is 31.2. The van der Waals surface area contributed by atoms with Gasteiger partial charge in [0.05, 0.1) is 37.9 Å². The van der Waals surface area contributed by atoms with Crippen LogP contribution in [0.2, 0.25) is 0 Å². The molecule has 15 heteroatoms. The molecule has 0 amide bonds. The molecule has 1 fully saturated rings. The number of carboxylic acids is 1. The average molecular weight is 888 g/mol. The van der Waals surface area contributed by atoms with Crippen LogP contribution in [0.1, 0.15) is 174 Å². The number of aliphatic carboxylic acids is 1. The first-order valence-corrected chi connectivity index (χ1v) is 24.8. The third-order valence-electron chi connectivity index (χ3n) is 11.0. The second-order valence-electron chi connectivity index (χ2n) is 16.5. The van der Waals surface area contributed by atoms with E-state index in [2.05, 4.69) is 30.5 Å². The van der Waals surface area contributed by atoms with Gasteiger partial charge in [-0.3, -0.25) is 23.4 Å². The Morgan fingerprint density at radius 2 is 1.28 bits per heavy atom. The van der Waals surface area contributed by atoms with E-state index in [1.54, 1.807) is 24.3 Å². The van der Waals surface area contributed by atoms with Gasteiger partial charge in [0.2, 0.25) is 0 Å². The van der Waals surface area contributed by atoms with Crippen molar-refractivity contribution in [3.63, 3.8) is 0 Å². The van der Waals surface area contributed by atoms with E-state index in [0.29, 0.717) is 19.3 Å². The van der Waals surface area contributed by atoms with Crippen LogP contribution in [0.3, 0.4) is 0 Å². The van der Waals surface area contributed by atoms with Gasteiger partial charge in [-0.2, -0.15) is 0 Å². The second-order valence-corrected chi connectivity index (χ2v) is 18.0. The molecule has 1 aliphatic rings. The summed E-state index contributed by atoms with van der Waals surface area (Å²) in [5.74, 6) is -3.38. The van der Waals surface area contributed by atoms with Crippen LogP contribution in [0.15, 0.2) is 36.5 Å². The van der Waals surface area contributed by atoms with Gasteiger partial charge in [-0.25, -0.2) is 4.57 Å². The minimum absolute atomic E-state index is 0.0933. The van der Waals surface area contributed by atoms with E-state index in [1.807, 2.05) is 0 Å². The number of nitrogens with two attached hydrogens (primary N) is 1. The SMILES string of the molecule is CCCCCCCC/C=C\CCCCCCCCCCCC(=O)O[C@H](COC(=O)C/C=C\C[C@H]1[C@@H](/C=C/[C@H](O)CCCCC)[C@H](O)C[C@@H]1O)COP(=O)(O)OC[C@H](N)C(=O)O. The molecule has 1 saturated carbocycles. The van der Waals surface area contributed by atoms with E-state index >= 15 is 0 Å². The molecular weight excluding hydrogens is 805 g/mol. The predicted molar refractivity (Wildman–Crippen MR) is 237 cm³/mol. The zero-order chi connectivity index (χ0) is 45.1. The van der Waals surface area contributed by atoms with Gasteiger partial charge in [0.15, 0.2) is 6.10 Å². The smallest absolute Gasteiger partial charge is 0.472 e. The minimum Gasteiger partial charge on any atom is -0.480 e. The molecule has 354 valence electrons. The number of carboxylic acid groups (broad SMARTS) is 1. The maximum Gasteiger partial charge on any atom is 0.472 e. The van der Waals surface area contributed by atoms with E-state index < -0.39 is 76.0 Å². The Balaban J connectivity index is 2.48. The summed E-state index contributed by atoms with van der Waals surface area (Å²) < 4.78 is 32.7. The lowest BCUT2D eigenvalue weighted by Gasteiger charge is -2.20. The fraction of sp³-hybridized carbons (Fsp3) is 0.804. The van der Waals surface area contributed by atoms with Crippen molar-refractivity contribution in [3.8, 4) is 0 Å². The molecule has 1 aliphatic carbocycles. The first kappa shape index (κ1) is 56.6. The van der Waals surface area contributed by atoms with Crippen LogP contribution in [0.4, 0.5) is 0 Å². The van der Waals surface area contributed by atoms with Crippen molar-refractivity contribution in [1.82, 2.24) is 0 Å². The lowest BCUT2D eigenvalue weighted by molar-refractivity contribution is -0.160. The third kappa shape index (κ3) is 30.3. The largest absolute Gasteiger partial charge is 0.480 e. The molecule has 8 atom stereocenters. The van der Waals surface area contributed by atoms with Gasteiger partial charge < -0.3 is 40.5 Å². The Kier molecular flexibility index (Phi) is 33.4. The summed E-state index contributed by atoms with van der Waals surface area (Å²) in [4.78, 5) is 46.3. The molecule has 0 spiro atoms. The zero-order valence-corrected chi connectivity index (χ0v) is 38.2. The van der Waals surface area contributed by atoms with Gasteiger partial charge in [0.1, 0.15) is 12.6 Å². The molecular formula is C46H82NO13P. The van der Waals surface area contributed by atoms with E-state index in [0.717, 1.165) is 51.4 Å². The number of phosphoric ester groups is 1. The Morgan fingerprint density at radius 3 is 1.89 bits per heavy atom. The maximum absolute atomic E-state index is 12.7. The standard InChI is InChI=1S/C46H82NO13P/c1-3-5-7-8-9-10-11-12-13-14-15-16-17-18-19-20-21-22-24-30-45(52)60-38(35-58-61(55,56)59-36-41(47)46(53)54)34-57-44(51)29-26-25-28-39-40(43(50)33-42(39)49)32-31-37(48)27-23-6-4-2/h12-13,25-26,31-32,37-43,48-50H,3-11,14-24,27-30,33-36,47H2,1-2H3,(H,53,54)(H,55,56)/b13-12-,26-25-,32-31+/t37-,38-,39+,40-,41+,42+,43-/m1/s1. The molecule has 14 nitrogen and oxygen atoms in total. The van der Waals surface area contributed by atoms with Gasteiger partial charge in [-0.1, -0.05) is 147 Å². The fourth-order valence-electron chi connectivity index (χ4n) is 7.21. The summed E-state index contributed by atoms with van der Waals surface area (Å²) in [6.45, 7) is 2.37. The van der Waals surface area contributed by atoms with E-state index in [9.17, 15) is 39.2 Å². The highest BCUT2D eigenvalue weighted by molar-refractivity contribution is 7.47. The number of allylic oxidation sites excluding steroid dienone is 3. The molecule has 0 radical (unpaired) electrons. The van der Waals surface area contributed by atoms with E-state index in [4.69, 9.17) is 24.8 Å². The Hall–Kier alpha value is -2.42. The average Bonchev–Trinajstić information content (AvgIpc) is 3.49. The first-order valence-electron chi connectivity index (χ1n) is 23.3. The van der Waals surface area contributed by atoms with Crippen LogP contribution in [0.5, 0.6) is 0 Å². The summed E-state index contributed by atoms with van der Waals surface area (Å²) >= 11 is 0. The van der Waals surface area contributed by atoms with Gasteiger partial charge in [-0.15, -0.1) is 0 Å². The van der Waals surface area contributed by atoms with Crippen LogP contribution in [-0.4, -0.2) is 93.5 Å². The lowest BCUT2D eigenvalue weighted by atomic mass is 9.89. The maximum atomic E-state index is 12.7. The van der Waals surface area contributed by atoms with Crippen LogP contribution in [-0.2, 0) is 37.5 Å². The number of hydrogen-bond donors (Lipinski definition) is 6. The predicted octanol–water partition coefficient (Wildman–Crippen LogP) is 8.78. The number of carbonyl (C=O) groups excluding carboxylic acids is 2. The van der Waals surface area contributed by atoms with Gasteiger partial charge in [0.25, 0.3) is 0 Å². The molecule has 0 aromatic rings. The quantitative estimate of drug-likeness (QED) is 0.0147. The number of rotatable bonds is 39. The molecule has 0 aromatic heterocycles. The summed E-state index contributed by atoms with van der Waals surface area (Å²) in [6, 6.07) is -1.57. The molecule has 1 rings (SSSR count). The first-order chi connectivity index (χ1) is 29.3. The Bertz CT molecular complexity index is 1290. The van der Waals surface area contributed by atoms with Crippen molar-refractivity contribution in [3.05, 3.63) is 36.5 Å². The van der Waals surface area contributed by atoms with Crippen LogP contribution < -0.4 is 5.73 Å². The topological polar surface area (TPSA) is 232 Å². The van der Waals surface area contributed by atoms with Crippen LogP contribution in [0, 0.1) is 11.8 Å². The number of hydrogen-bond acceptors (Lipinski definition) is 12. The number of aliphatic hydroxyl groups is 3. The van der Waals surface area contributed by atoms with Crippen molar-refractivity contribution in [2.75, 3.05) is 19.8 Å². The molecule has 61 heavy (non-hydrogen) atoms. The highest BCUT2D eigenvalue weighted by Crippen LogP contribution is 2.43. The molecule has 0 bridgehead atoms. The number of unbranched alkanes of at least 4 members (excludes halogenated alkanes) is 17. The molecule has 0 saturated heterocycles. The number of phosphoric acid groups is 1. The summed E-state index contributed by atoms with van der Waals surface area (Å²) in [5, 5.41) is 40.3. The van der Waals surface area contributed by atoms with Crippen LogP contribution >= 0.6 is 7.82 Å². The molecule has 7 N–H and O–H groups in total.